The van der Waals surface area contributed by atoms with Gasteiger partial charge in [-0.1, -0.05) is 43.1 Å². The van der Waals surface area contributed by atoms with Crippen molar-refractivity contribution in [3.8, 4) is 0 Å². The number of hydrogen-bond donors (Lipinski definition) is 0. The fourth-order valence-electron chi connectivity index (χ4n) is 0.995. The van der Waals surface area contributed by atoms with E-state index in [1.54, 1.807) is 28.8 Å². The molecule has 0 N–H and O–H groups in total. The summed E-state index contributed by atoms with van der Waals surface area (Å²) in [6.07, 6.45) is 7.36. The van der Waals surface area contributed by atoms with Crippen molar-refractivity contribution in [2.24, 2.45) is 0 Å². The van der Waals surface area contributed by atoms with Crippen molar-refractivity contribution in [3.05, 3.63) is 43.2 Å². The lowest BCUT2D eigenvalue weighted by Gasteiger charge is -2.01. The summed E-state index contributed by atoms with van der Waals surface area (Å²) in [7, 11) is 0. The summed E-state index contributed by atoms with van der Waals surface area (Å²) in [5, 5.41) is 9.45. The van der Waals surface area contributed by atoms with Gasteiger partial charge in [-0.3, -0.25) is 0 Å². The Balaban J connectivity index is 2.45. The van der Waals surface area contributed by atoms with Crippen LogP contribution in [0.4, 0.5) is 0 Å². The van der Waals surface area contributed by atoms with E-state index in [0.29, 0.717) is 6.04 Å². The van der Waals surface area contributed by atoms with Gasteiger partial charge in [0.1, 0.15) is 5.03 Å². The molecule has 0 spiro atoms. The van der Waals surface area contributed by atoms with Crippen molar-refractivity contribution < 1.29 is 0 Å². The van der Waals surface area contributed by atoms with Crippen molar-refractivity contribution in [1.82, 2.24) is 15.0 Å². The highest BCUT2D eigenvalue weighted by Crippen LogP contribution is 2.17. The molecular weight excluding hydrogens is 218 g/mol. The van der Waals surface area contributed by atoms with Gasteiger partial charge in [-0.15, -0.1) is 5.10 Å². The second-order valence-corrected chi connectivity index (χ2v) is 4.63. The number of aromatic nitrogens is 3. The van der Waals surface area contributed by atoms with Gasteiger partial charge in [0, 0.05) is 5.75 Å². The SMILES string of the molecule is C=C/C=C\C(=C)CSc1cnn(C(C)C)n1. The molecule has 0 saturated heterocycles. The number of hydrogen-bond acceptors (Lipinski definition) is 3. The summed E-state index contributed by atoms with van der Waals surface area (Å²) in [6.45, 7) is 11.7. The molecule has 0 bridgehead atoms. The summed E-state index contributed by atoms with van der Waals surface area (Å²) >= 11 is 1.64. The maximum Gasteiger partial charge on any atom is 0.139 e. The molecule has 0 radical (unpaired) electrons. The normalized spacial score (nSPS) is 11.2. The maximum absolute atomic E-state index is 4.35. The van der Waals surface area contributed by atoms with Crippen LogP contribution in [0.5, 0.6) is 0 Å². The van der Waals surface area contributed by atoms with Gasteiger partial charge in [0.25, 0.3) is 0 Å². The van der Waals surface area contributed by atoms with E-state index in [2.05, 4.69) is 37.2 Å². The molecule has 1 aromatic rings. The van der Waals surface area contributed by atoms with Crippen LogP contribution in [0.25, 0.3) is 0 Å². The van der Waals surface area contributed by atoms with Gasteiger partial charge in [-0.25, -0.2) is 0 Å². The minimum Gasteiger partial charge on any atom is -0.181 e. The Labute approximate surface area is 101 Å². The first-order valence-electron chi connectivity index (χ1n) is 5.15. The summed E-state index contributed by atoms with van der Waals surface area (Å²) in [5.41, 5.74) is 1.05. The van der Waals surface area contributed by atoms with Crippen LogP contribution >= 0.6 is 11.8 Å². The van der Waals surface area contributed by atoms with E-state index in [1.165, 1.54) is 0 Å². The van der Waals surface area contributed by atoms with E-state index in [0.717, 1.165) is 16.4 Å². The van der Waals surface area contributed by atoms with Crippen LogP contribution in [0.3, 0.4) is 0 Å². The Kier molecular flexibility index (Phi) is 5.05. The van der Waals surface area contributed by atoms with E-state index < -0.39 is 0 Å². The lowest BCUT2D eigenvalue weighted by molar-refractivity contribution is 0.460. The maximum atomic E-state index is 4.35. The largest absolute Gasteiger partial charge is 0.181 e. The van der Waals surface area contributed by atoms with Crippen molar-refractivity contribution in [3.63, 3.8) is 0 Å². The molecule has 0 atom stereocenters. The van der Waals surface area contributed by atoms with Crippen LogP contribution in [0.15, 0.2) is 48.2 Å². The van der Waals surface area contributed by atoms with Crippen molar-refractivity contribution >= 4 is 11.8 Å². The van der Waals surface area contributed by atoms with E-state index in [-0.39, 0.29) is 0 Å². The molecule has 0 unspecified atom stereocenters. The molecule has 1 rings (SSSR count). The zero-order chi connectivity index (χ0) is 12.0. The highest BCUT2D eigenvalue weighted by atomic mass is 32.2. The minimum atomic E-state index is 0.304. The zero-order valence-corrected chi connectivity index (χ0v) is 10.6. The van der Waals surface area contributed by atoms with Gasteiger partial charge in [0.15, 0.2) is 0 Å². The topological polar surface area (TPSA) is 30.7 Å². The first-order chi connectivity index (χ1) is 7.63. The zero-order valence-electron chi connectivity index (χ0n) is 9.76. The molecule has 0 aliphatic rings. The first kappa shape index (κ1) is 12.8. The Hall–Kier alpha value is -1.29. The Bertz CT molecular complexity index is 391. The quantitative estimate of drug-likeness (QED) is 0.560. The summed E-state index contributed by atoms with van der Waals surface area (Å²) in [6, 6.07) is 0.304. The molecule has 0 aliphatic heterocycles. The van der Waals surface area contributed by atoms with Crippen LogP contribution in [-0.2, 0) is 0 Å². The highest BCUT2D eigenvalue weighted by molar-refractivity contribution is 7.99. The second-order valence-electron chi connectivity index (χ2n) is 3.64. The van der Waals surface area contributed by atoms with Crippen LogP contribution in [0.1, 0.15) is 19.9 Å². The van der Waals surface area contributed by atoms with Crippen LogP contribution < -0.4 is 0 Å². The fourth-order valence-corrected chi connectivity index (χ4v) is 1.69. The lowest BCUT2D eigenvalue weighted by Crippen LogP contribution is -2.04. The van der Waals surface area contributed by atoms with Gasteiger partial charge in [-0.05, 0) is 19.4 Å². The fraction of sp³-hybridized carbons (Fsp3) is 0.333. The van der Waals surface area contributed by atoms with Crippen LogP contribution in [0, 0.1) is 0 Å². The molecule has 0 amide bonds. The molecule has 0 saturated carbocycles. The Morgan fingerprint density at radius 1 is 1.62 bits per heavy atom. The predicted molar refractivity (Wildman–Crippen MR) is 69.6 cm³/mol. The molecule has 16 heavy (non-hydrogen) atoms. The molecule has 0 aliphatic carbocycles. The lowest BCUT2D eigenvalue weighted by atomic mass is 10.3. The van der Waals surface area contributed by atoms with Crippen molar-refractivity contribution in [1.29, 1.82) is 0 Å². The smallest absolute Gasteiger partial charge is 0.139 e. The molecule has 4 heteroatoms. The van der Waals surface area contributed by atoms with Crippen molar-refractivity contribution in [2.45, 2.75) is 24.9 Å². The average molecular weight is 235 g/mol. The number of thioether (sulfide) groups is 1. The molecule has 0 fully saturated rings. The third kappa shape index (κ3) is 4.06. The standard InChI is InChI=1S/C12H17N3S/c1-5-6-7-11(4)9-16-12-8-13-15(14-12)10(2)3/h5-8,10H,1,4,9H2,2-3H3/b7-6-. The third-order valence-electron chi connectivity index (χ3n) is 1.82. The minimum absolute atomic E-state index is 0.304. The molecule has 3 nitrogen and oxygen atoms in total. The van der Waals surface area contributed by atoms with Gasteiger partial charge < -0.3 is 0 Å². The summed E-state index contributed by atoms with van der Waals surface area (Å²) in [4.78, 5) is 1.71. The van der Waals surface area contributed by atoms with Gasteiger partial charge in [0.05, 0.1) is 12.2 Å². The molecule has 1 heterocycles. The Morgan fingerprint density at radius 2 is 2.38 bits per heavy atom. The summed E-state index contributed by atoms with van der Waals surface area (Å²) in [5.74, 6) is 0.821. The Morgan fingerprint density at radius 3 is 2.94 bits per heavy atom. The van der Waals surface area contributed by atoms with Crippen molar-refractivity contribution in [2.75, 3.05) is 5.75 Å². The molecule has 1 aromatic heterocycles. The second kappa shape index (κ2) is 6.33. The van der Waals surface area contributed by atoms with Gasteiger partial charge in [-0.2, -0.15) is 9.90 Å². The van der Waals surface area contributed by atoms with Gasteiger partial charge >= 0.3 is 0 Å². The molecule has 0 aromatic carbocycles. The predicted octanol–water partition coefficient (Wildman–Crippen LogP) is 3.25. The van der Waals surface area contributed by atoms with E-state index in [9.17, 15) is 0 Å². The highest BCUT2D eigenvalue weighted by Gasteiger charge is 2.03. The van der Waals surface area contributed by atoms with E-state index >= 15 is 0 Å². The summed E-state index contributed by atoms with van der Waals surface area (Å²) < 4.78 is 0. The number of nitrogens with zero attached hydrogens (tertiary/aromatic N) is 3. The van der Waals surface area contributed by atoms with Crippen LogP contribution in [0.2, 0.25) is 0 Å². The monoisotopic (exact) mass is 235 g/mol. The van der Waals surface area contributed by atoms with E-state index in [4.69, 9.17) is 0 Å². The van der Waals surface area contributed by atoms with E-state index in [1.807, 2.05) is 12.2 Å². The average Bonchev–Trinajstić information content (AvgIpc) is 2.72. The molecular formula is C12H17N3S. The third-order valence-corrected chi connectivity index (χ3v) is 2.82. The molecule has 86 valence electrons. The first-order valence-corrected chi connectivity index (χ1v) is 6.13. The van der Waals surface area contributed by atoms with Crippen LogP contribution in [-0.4, -0.2) is 20.7 Å². The van der Waals surface area contributed by atoms with Gasteiger partial charge in [0.2, 0.25) is 0 Å². The number of allylic oxidation sites excluding steroid dienone is 3. The number of rotatable bonds is 6.